The number of ether oxygens (including phenoxy) is 2. The highest BCUT2D eigenvalue weighted by Crippen LogP contribution is 2.46. The van der Waals surface area contributed by atoms with Gasteiger partial charge in [0, 0.05) is 65.3 Å². The summed E-state index contributed by atoms with van der Waals surface area (Å²) in [5.41, 5.74) is 9.62. The van der Waals surface area contributed by atoms with E-state index in [1.165, 1.54) is 0 Å². The van der Waals surface area contributed by atoms with Crippen molar-refractivity contribution in [3.05, 3.63) is 97.5 Å². The summed E-state index contributed by atoms with van der Waals surface area (Å²) >= 11 is 13.6. The number of carboxylic acid groups (broad SMARTS) is 1. The molecule has 1 fully saturated rings. The Balaban J connectivity index is 1.27. The van der Waals surface area contributed by atoms with Crippen molar-refractivity contribution < 1.29 is 29.0 Å². The van der Waals surface area contributed by atoms with Gasteiger partial charge in [-0.1, -0.05) is 29.3 Å². The Morgan fingerprint density at radius 3 is 2.34 bits per heavy atom. The lowest BCUT2D eigenvalue weighted by molar-refractivity contribution is -0.135. The van der Waals surface area contributed by atoms with E-state index in [-0.39, 0.29) is 36.6 Å². The Kier molecular flexibility index (Phi) is 10.8. The second-order valence-electron chi connectivity index (χ2n) is 15.9. The summed E-state index contributed by atoms with van der Waals surface area (Å²) in [7, 11) is 1.91. The van der Waals surface area contributed by atoms with Crippen molar-refractivity contribution in [1.29, 1.82) is 0 Å². The molecule has 1 saturated heterocycles. The third-order valence-electron chi connectivity index (χ3n) is 11.8. The lowest BCUT2D eigenvalue weighted by atomic mass is 9.98. The number of nitrogens with zero attached hydrogens (tertiary/aromatic N) is 6. The zero-order chi connectivity index (χ0) is 42.0. The smallest absolute Gasteiger partial charge is 0.352 e. The first-order valence-electron chi connectivity index (χ1n) is 20.0. The molecule has 3 aromatic heterocycles. The SMILES string of the molecule is Cc1cc(N2C[C@@H](C)n3c(c(CCCOc4cc(C)c(Cl)c(C)c4)c4ccc(Cl)c(-c5c(C)nn(C)c5C)c43)C2=O)c2c(c1)cc(C(=O)O)n2CC(=O)N1CCOCC1. The predicted molar refractivity (Wildman–Crippen MR) is 231 cm³/mol. The van der Waals surface area contributed by atoms with Crippen LogP contribution in [0, 0.1) is 34.6 Å². The van der Waals surface area contributed by atoms with E-state index < -0.39 is 5.97 Å². The summed E-state index contributed by atoms with van der Waals surface area (Å²) in [6.07, 6.45) is 1.14. The molecule has 14 heteroatoms. The number of carbonyl (C=O) groups is 3. The molecule has 59 heavy (non-hydrogen) atoms. The number of hydrogen-bond acceptors (Lipinski definition) is 6. The minimum Gasteiger partial charge on any atom is -0.494 e. The van der Waals surface area contributed by atoms with Crippen molar-refractivity contribution in [2.24, 2.45) is 7.05 Å². The molecule has 12 nitrogen and oxygen atoms in total. The van der Waals surface area contributed by atoms with Crippen LogP contribution < -0.4 is 9.64 Å². The fourth-order valence-corrected chi connectivity index (χ4v) is 9.43. The lowest BCUT2D eigenvalue weighted by Gasteiger charge is -2.35. The van der Waals surface area contributed by atoms with Gasteiger partial charge >= 0.3 is 5.97 Å². The van der Waals surface area contributed by atoms with E-state index in [1.54, 1.807) is 20.4 Å². The highest BCUT2D eigenvalue weighted by molar-refractivity contribution is 6.35. The Morgan fingerprint density at radius 2 is 1.68 bits per heavy atom. The Hall–Kier alpha value is -5.30. The zero-order valence-corrected chi connectivity index (χ0v) is 35.9. The van der Waals surface area contributed by atoms with E-state index >= 15 is 4.79 Å². The Morgan fingerprint density at radius 1 is 0.966 bits per heavy atom. The summed E-state index contributed by atoms with van der Waals surface area (Å²) in [5.74, 6) is -0.856. The first-order valence-corrected chi connectivity index (χ1v) is 20.7. The van der Waals surface area contributed by atoms with Crippen LogP contribution in [0.3, 0.4) is 0 Å². The van der Waals surface area contributed by atoms with Crippen molar-refractivity contribution in [2.75, 3.05) is 44.4 Å². The average Bonchev–Trinajstić information content (AvgIpc) is 3.82. The van der Waals surface area contributed by atoms with Crippen molar-refractivity contribution in [3.63, 3.8) is 0 Å². The molecule has 1 N–H and O–H groups in total. The van der Waals surface area contributed by atoms with Gasteiger partial charge in [0.05, 0.1) is 47.3 Å². The fraction of sp³-hybridized carbons (Fsp3) is 0.378. The Bertz CT molecular complexity index is 2680. The molecular formula is C45H48Cl2N6O6. The normalized spacial score (nSPS) is 15.7. The maximum absolute atomic E-state index is 15.5. The van der Waals surface area contributed by atoms with E-state index in [4.69, 9.17) is 37.8 Å². The first kappa shape index (κ1) is 40.5. The number of hydrogen-bond donors (Lipinski definition) is 1. The van der Waals surface area contributed by atoms with Gasteiger partial charge in [-0.15, -0.1) is 0 Å². The number of benzene rings is 3. The third-order valence-corrected chi connectivity index (χ3v) is 12.8. The molecular weight excluding hydrogens is 791 g/mol. The molecule has 0 radical (unpaired) electrons. The molecule has 2 aliphatic heterocycles. The van der Waals surface area contributed by atoms with E-state index in [0.29, 0.717) is 73.1 Å². The summed E-state index contributed by atoms with van der Waals surface area (Å²) in [4.78, 5) is 45.4. The third kappa shape index (κ3) is 7.04. The van der Waals surface area contributed by atoms with Crippen LogP contribution in [-0.4, -0.2) is 86.2 Å². The van der Waals surface area contributed by atoms with Gasteiger partial charge in [0.1, 0.15) is 23.7 Å². The van der Waals surface area contributed by atoms with Crippen LogP contribution in [0.5, 0.6) is 5.75 Å². The van der Waals surface area contributed by atoms with Gasteiger partial charge in [0.25, 0.3) is 5.91 Å². The molecule has 6 aromatic rings. The number of aromatic carboxylic acids is 1. The molecule has 2 aliphatic rings. The standard InChI is InChI=1S/C45H48Cl2N6O6/c1-24-17-30-21-36(45(56)57)51(23-37(54)50-12-15-58-16-13-50)41(30)35(18-24)52-22-27(4)53-42-33(10-11-34(46)39(42)38-28(5)48-49(7)29(38)6)32(43(53)44(52)55)9-8-14-59-31-19-25(2)40(47)26(3)20-31/h10-11,17-21,27H,8-9,12-16,22-23H2,1-7H3,(H,56,57)/t27-/m1/s1. The number of carboxylic acids is 1. The summed E-state index contributed by atoms with van der Waals surface area (Å²) in [6, 6.07) is 13.0. The topological polar surface area (TPSA) is 124 Å². The van der Waals surface area contributed by atoms with Crippen LogP contribution in [0.4, 0.5) is 5.69 Å². The van der Waals surface area contributed by atoms with Crippen molar-refractivity contribution in [3.8, 4) is 16.9 Å². The van der Waals surface area contributed by atoms with E-state index in [1.807, 2.05) is 82.7 Å². The van der Waals surface area contributed by atoms with Crippen LogP contribution in [0.1, 0.15) is 74.0 Å². The van der Waals surface area contributed by atoms with E-state index in [2.05, 4.69) is 11.5 Å². The molecule has 0 aliphatic carbocycles. The molecule has 308 valence electrons. The fourth-order valence-electron chi connectivity index (χ4n) is 9.07. The molecule has 2 amide bonds. The number of carbonyl (C=O) groups excluding carboxylic acids is 2. The molecule has 0 spiro atoms. The number of rotatable bonds is 10. The molecule has 0 saturated carbocycles. The lowest BCUT2D eigenvalue weighted by Crippen LogP contribution is -2.43. The number of aryl methyl sites for hydroxylation is 6. The van der Waals surface area contributed by atoms with Crippen LogP contribution >= 0.6 is 23.2 Å². The van der Waals surface area contributed by atoms with Gasteiger partial charge in [0.2, 0.25) is 5.91 Å². The number of amides is 2. The predicted octanol–water partition coefficient (Wildman–Crippen LogP) is 8.64. The summed E-state index contributed by atoms with van der Waals surface area (Å²) in [5, 5.41) is 18.0. The minimum atomic E-state index is -1.16. The highest BCUT2D eigenvalue weighted by atomic mass is 35.5. The second kappa shape index (κ2) is 15.7. The van der Waals surface area contributed by atoms with Crippen molar-refractivity contribution >= 4 is 68.5 Å². The van der Waals surface area contributed by atoms with Crippen LogP contribution in [0.15, 0.2) is 42.5 Å². The number of morpholine rings is 1. The van der Waals surface area contributed by atoms with Crippen LogP contribution in [-0.2, 0) is 29.5 Å². The van der Waals surface area contributed by atoms with Gasteiger partial charge in [-0.3, -0.25) is 14.3 Å². The monoisotopic (exact) mass is 838 g/mol. The van der Waals surface area contributed by atoms with Gasteiger partial charge in [0.15, 0.2) is 0 Å². The Labute approximate surface area is 352 Å². The zero-order valence-electron chi connectivity index (χ0n) is 34.4. The number of anilines is 1. The highest BCUT2D eigenvalue weighted by Gasteiger charge is 2.38. The molecule has 5 heterocycles. The van der Waals surface area contributed by atoms with Gasteiger partial charge in [-0.05, 0) is 113 Å². The van der Waals surface area contributed by atoms with Gasteiger partial charge in [-0.25, -0.2) is 4.79 Å². The first-order chi connectivity index (χ1) is 28.2. The maximum Gasteiger partial charge on any atom is 0.352 e. The molecule has 8 rings (SSSR count). The summed E-state index contributed by atoms with van der Waals surface area (Å²) in [6.45, 7) is 14.1. The molecule has 0 bridgehead atoms. The van der Waals surface area contributed by atoms with Crippen molar-refractivity contribution in [2.45, 2.75) is 67.0 Å². The second-order valence-corrected chi connectivity index (χ2v) is 16.7. The maximum atomic E-state index is 15.5. The van der Waals surface area contributed by atoms with Crippen LogP contribution in [0.2, 0.25) is 10.0 Å². The number of halogens is 2. The van der Waals surface area contributed by atoms with E-state index in [0.717, 1.165) is 66.4 Å². The molecule has 0 unspecified atom stereocenters. The average molecular weight is 840 g/mol. The van der Waals surface area contributed by atoms with Crippen LogP contribution in [0.25, 0.3) is 32.9 Å². The number of fused-ring (bicyclic) bond motifs is 4. The largest absolute Gasteiger partial charge is 0.494 e. The number of aromatic nitrogens is 4. The molecule has 3 aromatic carbocycles. The van der Waals surface area contributed by atoms with Gasteiger partial charge in [-0.2, -0.15) is 5.10 Å². The minimum absolute atomic E-state index is 0.0201. The van der Waals surface area contributed by atoms with Gasteiger partial charge < -0.3 is 33.5 Å². The summed E-state index contributed by atoms with van der Waals surface area (Å²) < 4.78 is 17.3. The molecule has 1 atom stereocenters. The quantitative estimate of drug-likeness (QED) is 0.137. The van der Waals surface area contributed by atoms with Crippen molar-refractivity contribution in [1.82, 2.24) is 23.8 Å². The van der Waals surface area contributed by atoms with E-state index in [9.17, 15) is 14.7 Å².